The van der Waals surface area contributed by atoms with Crippen molar-refractivity contribution < 1.29 is 4.74 Å². The van der Waals surface area contributed by atoms with Gasteiger partial charge in [0.1, 0.15) is 10.8 Å². The largest absolute Gasteiger partial charge is 0.438 e. The minimum atomic E-state index is 0.462. The summed E-state index contributed by atoms with van der Waals surface area (Å²) in [6.07, 6.45) is 5.32. The van der Waals surface area contributed by atoms with Crippen LogP contribution >= 0.6 is 11.6 Å². The molecule has 1 aliphatic carbocycles. The van der Waals surface area contributed by atoms with Crippen molar-refractivity contribution in [2.75, 3.05) is 7.05 Å². The maximum Gasteiger partial charge on any atom is 0.238 e. The third kappa shape index (κ3) is 2.79. The fraction of sp³-hybridized carbons (Fsp3) is 0.312. The average Bonchev–Trinajstić information content (AvgIpc) is 2.90. The second kappa shape index (κ2) is 5.81. The zero-order chi connectivity index (χ0) is 13.9. The first kappa shape index (κ1) is 13.4. The number of nitrogens with zero attached hydrogens (tertiary/aromatic N) is 1. The van der Waals surface area contributed by atoms with E-state index in [0.717, 1.165) is 24.3 Å². The molecule has 3 rings (SSSR count). The van der Waals surface area contributed by atoms with Crippen molar-refractivity contribution >= 4 is 11.6 Å². The standard InChI is InChI=1S/C16H17ClN2O/c1-18-9-11-7-15(17)16(19-10-11)20-14-6-5-12-3-2-4-13(12)8-14/h5-8,10,18H,2-4,9H2,1H3. The van der Waals surface area contributed by atoms with Gasteiger partial charge < -0.3 is 10.1 Å². The number of aryl methyl sites for hydroxylation is 2. The zero-order valence-corrected chi connectivity index (χ0v) is 12.2. The molecule has 2 aromatic rings. The Kier molecular flexibility index (Phi) is 3.90. The van der Waals surface area contributed by atoms with E-state index in [2.05, 4.69) is 22.4 Å². The first-order valence-corrected chi connectivity index (χ1v) is 7.23. The SMILES string of the molecule is CNCc1cnc(Oc2ccc3c(c2)CCC3)c(Cl)c1. The molecule has 0 atom stereocenters. The Hall–Kier alpha value is -1.58. The van der Waals surface area contributed by atoms with Crippen LogP contribution in [0.4, 0.5) is 0 Å². The van der Waals surface area contributed by atoms with E-state index in [0.29, 0.717) is 10.9 Å². The summed E-state index contributed by atoms with van der Waals surface area (Å²) in [6.45, 7) is 0.742. The van der Waals surface area contributed by atoms with Crippen LogP contribution in [0.15, 0.2) is 30.5 Å². The van der Waals surface area contributed by atoms with Gasteiger partial charge >= 0.3 is 0 Å². The summed E-state index contributed by atoms with van der Waals surface area (Å²) in [5.74, 6) is 1.27. The highest BCUT2D eigenvalue weighted by atomic mass is 35.5. The van der Waals surface area contributed by atoms with Crippen molar-refractivity contribution in [2.45, 2.75) is 25.8 Å². The minimum Gasteiger partial charge on any atom is -0.438 e. The summed E-state index contributed by atoms with van der Waals surface area (Å²) >= 11 is 6.22. The van der Waals surface area contributed by atoms with Crippen LogP contribution in [-0.4, -0.2) is 12.0 Å². The van der Waals surface area contributed by atoms with Gasteiger partial charge in [-0.1, -0.05) is 17.7 Å². The van der Waals surface area contributed by atoms with E-state index in [-0.39, 0.29) is 0 Å². The number of halogens is 1. The molecule has 0 saturated heterocycles. The van der Waals surface area contributed by atoms with Gasteiger partial charge in [0.15, 0.2) is 0 Å². The highest BCUT2D eigenvalue weighted by Gasteiger charge is 2.12. The predicted octanol–water partition coefficient (Wildman–Crippen LogP) is 3.74. The molecule has 1 aromatic carbocycles. The molecule has 0 unspecified atom stereocenters. The molecule has 0 amide bonds. The van der Waals surface area contributed by atoms with Gasteiger partial charge in [0.2, 0.25) is 5.88 Å². The Balaban J connectivity index is 1.80. The fourth-order valence-electron chi connectivity index (χ4n) is 2.56. The normalized spacial score (nSPS) is 13.3. The van der Waals surface area contributed by atoms with E-state index in [9.17, 15) is 0 Å². The van der Waals surface area contributed by atoms with E-state index in [1.807, 2.05) is 19.2 Å². The van der Waals surface area contributed by atoms with Crippen LogP contribution < -0.4 is 10.1 Å². The van der Waals surface area contributed by atoms with Gasteiger partial charge in [0.25, 0.3) is 0 Å². The summed E-state index contributed by atoms with van der Waals surface area (Å²) in [5, 5.41) is 3.61. The summed E-state index contributed by atoms with van der Waals surface area (Å²) in [7, 11) is 1.89. The third-order valence-corrected chi connectivity index (χ3v) is 3.80. The number of aromatic nitrogens is 1. The number of hydrogen-bond acceptors (Lipinski definition) is 3. The Morgan fingerprint density at radius 3 is 2.90 bits per heavy atom. The lowest BCUT2D eigenvalue weighted by atomic mass is 10.1. The Labute approximate surface area is 123 Å². The van der Waals surface area contributed by atoms with Crippen LogP contribution in [-0.2, 0) is 19.4 Å². The van der Waals surface area contributed by atoms with Gasteiger partial charge in [-0.25, -0.2) is 4.98 Å². The van der Waals surface area contributed by atoms with E-state index >= 15 is 0 Å². The van der Waals surface area contributed by atoms with E-state index in [1.54, 1.807) is 6.20 Å². The summed E-state index contributed by atoms with van der Waals surface area (Å²) in [6, 6.07) is 8.11. The highest BCUT2D eigenvalue weighted by molar-refractivity contribution is 6.31. The van der Waals surface area contributed by atoms with Gasteiger partial charge in [0, 0.05) is 12.7 Å². The summed E-state index contributed by atoms with van der Waals surface area (Å²) in [5.41, 5.74) is 3.85. The molecule has 3 nitrogen and oxygen atoms in total. The van der Waals surface area contributed by atoms with Gasteiger partial charge in [0.05, 0.1) is 0 Å². The number of benzene rings is 1. The lowest BCUT2D eigenvalue weighted by Gasteiger charge is -2.09. The quantitative estimate of drug-likeness (QED) is 0.931. The molecule has 20 heavy (non-hydrogen) atoms. The van der Waals surface area contributed by atoms with Crippen molar-refractivity contribution in [1.29, 1.82) is 0 Å². The minimum absolute atomic E-state index is 0.462. The zero-order valence-electron chi connectivity index (χ0n) is 11.4. The Morgan fingerprint density at radius 1 is 1.25 bits per heavy atom. The number of ether oxygens (including phenoxy) is 1. The van der Waals surface area contributed by atoms with Crippen molar-refractivity contribution in [3.63, 3.8) is 0 Å². The number of hydrogen-bond donors (Lipinski definition) is 1. The van der Waals surface area contributed by atoms with Crippen LogP contribution in [0, 0.1) is 0 Å². The molecule has 0 bridgehead atoms. The second-order valence-electron chi connectivity index (χ2n) is 5.05. The molecule has 0 saturated carbocycles. The maximum atomic E-state index is 6.22. The van der Waals surface area contributed by atoms with E-state index < -0.39 is 0 Å². The molecule has 4 heteroatoms. The predicted molar refractivity (Wildman–Crippen MR) is 80.6 cm³/mol. The highest BCUT2D eigenvalue weighted by Crippen LogP contribution is 2.31. The Bertz CT molecular complexity index is 628. The molecular weight excluding hydrogens is 272 g/mol. The van der Waals surface area contributed by atoms with Gasteiger partial charge in [-0.15, -0.1) is 0 Å². The van der Waals surface area contributed by atoms with Crippen molar-refractivity contribution in [3.05, 3.63) is 52.2 Å². The number of nitrogens with one attached hydrogen (secondary N) is 1. The molecule has 1 aromatic heterocycles. The molecule has 0 radical (unpaired) electrons. The van der Waals surface area contributed by atoms with Crippen molar-refractivity contribution in [2.24, 2.45) is 0 Å². The number of pyridine rings is 1. The molecule has 1 N–H and O–H groups in total. The van der Waals surface area contributed by atoms with Crippen LogP contribution in [0.25, 0.3) is 0 Å². The van der Waals surface area contributed by atoms with Crippen LogP contribution in [0.2, 0.25) is 5.02 Å². The fourth-order valence-corrected chi connectivity index (χ4v) is 2.79. The third-order valence-electron chi connectivity index (χ3n) is 3.53. The van der Waals surface area contributed by atoms with Gasteiger partial charge in [-0.2, -0.15) is 0 Å². The Morgan fingerprint density at radius 2 is 2.10 bits per heavy atom. The molecule has 1 heterocycles. The maximum absolute atomic E-state index is 6.22. The topological polar surface area (TPSA) is 34.2 Å². The van der Waals surface area contributed by atoms with Crippen LogP contribution in [0.5, 0.6) is 11.6 Å². The molecular formula is C16H17ClN2O. The summed E-state index contributed by atoms with van der Waals surface area (Å²) < 4.78 is 5.80. The molecule has 0 aliphatic heterocycles. The number of fused-ring (bicyclic) bond motifs is 1. The molecule has 0 spiro atoms. The molecule has 0 fully saturated rings. The number of rotatable bonds is 4. The first-order chi connectivity index (χ1) is 9.76. The van der Waals surface area contributed by atoms with Crippen LogP contribution in [0.1, 0.15) is 23.1 Å². The molecule has 104 valence electrons. The van der Waals surface area contributed by atoms with Gasteiger partial charge in [-0.3, -0.25) is 0 Å². The second-order valence-corrected chi connectivity index (χ2v) is 5.45. The lowest BCUT2D eigenvalue weighted by Crippen LogP contribution is -2.05. The first-order valence-electron chi connectivity index (χ1n) is 6.85. The van der Waals surface area contributed by atoms with Gasteiger partial charge in [-0.05, 0) is 61.2 Å². The molecule has 1 aliphatic rings. The van der Waals surface area contributed by atoms with E-state index in [1.165, 1.54) is 24.0 Å². The van der Waals surface area contributed by atoms with Crippen molar-refractivity contribution in [1.82, 2.24) is 10.3 Å². The smallest absolute Gasteiger partial charge is 0.238 e. The average molecular weight is 289 g/mol. The lowest BCUT2D eigenvalue weighted by molar-refractivity contribution is 0.462. The monoisotopic (exact) mass is 288 g/mol. The summed E-state index contributed by atoms with van der Waals surface area (Å²) in [4.78, 5) is 4.29. The van der Waals surface area contributed by atoms with Crippen molar-refractivity contribution in [3.8, 4) is 11.6 Å². The van der Waals surface area contributed by atoms with Crippen LogP contribution in [0.3, 0.4) is 0 Å². The van der Waals surface area contributed by atoms with E-state index in [4.69, 9.17) is 16.3 Å².